The Morgan fingerprint density at radius 3 is 2.58 bits per heavy atom. The van der Waals surface area contributed by atoms with Crippen molar-refractivity contribution in [3.8, 4) is 0 Å². The van der Waals surface area contributed by atoms with Crippen LogP contribution in [0.25, 0.3) is 0 Å². The van der Waals surface area contributed by atoms with Gasteiger partial charge in [0.1, 0.15) is 6.04 Å². The molecular weight excluding hydrogens is 156 g/mol. The van der Waals surface area contributed by atoms with Crippen LogP contribution in [0.5, 0.6) is 0 Å². The van der Waals surface area contributed by atoms with Gasteiger partial charge in [0.15, 0.2) is 0 Å². The Morgan fingerprint density at radius 1 is 1.67 bits per heavy atom. The largest absolute Gasteiger partial charge is 0.480 e. The highest BCUT2D eigenvalue weighted by atomic mass is 16.4. The zero-order chi connectivity index (χ0) is 9.56. The summed E-state index contributed by atoms with van der Waals surface area (Å²) in [6, 6.07) is -0.518. The summed E-state index contributed by atoms with van der Waals surface area (Å²) in [6.45, 7) is 2.07. The fourth-order valence-corrected chi connectivity index (χ4v) is 1.14. The number of hydrogen-bond acceptors (Lipinski definition) is 3. The third-order valence-electron chi connectivity index (χ3n) is 1.90. The lowest BCUT2D eigenvalue weighted by molar-refractivity contribution is -0.138. The summed E-state index contributed by atoms with van der Waals surface area (Å²) in [4.78, 5) is 10.4. The summed E-state index contributed by atoms with van der Waals surface area (Å²) in [5, 5.41) is 11.6. The van der Waals surface area contributed by atoms with Gasteiger partial charge in [-0.25, -0.2) is 0 Å². The molecule has 72 valence electrons. The van der Waals surface area contributed by atoms with Gasteiger partial charge in [-0.1, -0.05) is 13.3 Å². The minimum atomic E-state index is -0.925. The summed E-state index contributed by atoms with van der Waals surface area (Å²) < 4.78 is 0. The molecule has 4 heteroatoms. The van der Waals surface area contributed by atoms with Gasteiger partial charge in [-0.3, -0.25) is 4.79 Å². The Labute approximate surface area is 73.1 Å². The number of hydrogen-bond donors (Lipinski definition) is 3. The Balaban J connectivity index is 3.76. The summed E-state index contributed by atoms with van der Waals surface area (Å²) in [5.74, 6) is -0.925. The van der Waals surface area contributed by atoms with E-state index in [1.54, 1.807) is 0 Å². The third kappa shape index (κ3) is 4.31. The fourth-order valence-electron chi connectivity index (χ4n) is 1.14. The molecule has 4 nitrogen and oxygen atoms in total. The normalized spacial score (nSPS) is 15.6. The Hall–Kier alpha value is -0.610. The molecule has 0 amide bonds. The highest BCUT2D eigenvalue weighted by Crippen LogP contribution is 2.03. The van der Waals surface area contributed by atoms with Gasteiger partial charge in [0.2, 0.25) is 0 Å². The molecule has 4 N–H and O–H groups in total. The van der Waals surface area contributed by atoms with Gasteiger partial charge in [0.05, 0.1) is 0 Å². The molecule has 12 heavy (non-hydrogen) atoms. The van der Waals surface area contributed by atoms with E-state index in [2.05, 4.69) is 12.2 Å². The van der Waals surface area contributed by atoms with Crippen LogP contribution in [0.1, 0.15) is 26.2 Å². The van der Waals surface area contributed by atoms with Crippen molar-refractivity contribution < 1.29 is 9.90 Å². The van der Waals surface area contributed by atoms with E-state index in [1.807, 2.05) is 7.05 Å². The average molecular weight is 174 g/mol. The van der Waals surface area contributed by atoms with Crippen LogP contribution in [0.15, 0.2) is 0 Å². The molecule has 0 aromatic carbocycles. The summed E-state index contributed by atoms with van der Waals surface area (Å²) >= 11 is 0. The van der Waals surface area contributed by atoms with Gasteiger partial charge >= 0.3 is 5.97 Å². The van der Waals surface area contributed by atoms with Crippen LogP contribution >= 0.6 is 0 Å². The lowest BCUT2D eigenvalue weighted by atomic mass is 10.0. The molecule has 0 bridgehead atoms. The first kappa shape index (κ1) is 11.4. The minimum absolute atomic E-state index is 0.223. The van der Waals surface area contributed by atoms with Crippen molar-refractivity contribution >= 4 is 5.97 Å². The molecule has 0 heterocycles. The second-order valence-electron chi connectivity index (χ2n) is 2.95. The van der Waals surface area contributed by atoms with E-state index in [0.29, 0.717) is 6.42 Å². The summed E-state index contributed by atoms with van der Waals surface area (Å²) in [6.07, 6.45) is 2.51. The van der Waals surface area contributed by atoms with E-state index < -0.39 is 12.0 Å². The van der Waals surface area contributed by atoms with E-state index in [4.69, 9.17) is 10.8 Å². The Bertz CT molecular complexity index is 139. The number of nitrogens with two attached hydrogens (primary N) is 1. The monoisotopic (exact) mass is 174 g/mol. The van der Waals surface area contributed by atoms with Gasteiger partial charge in [0.25, 0.3) is 0 Å². The van der Waals surface area contributed by atoms with Crippen molar-refractivity contribution in [2.45, 2.75) is 38.3 Å². The third-order valence-corrected chi connectivity index (χ3v) is 1.90. The molecule has 0 spiro atoms. The van der Waals surface area contributed by atoms with Crippen molar-refractivity contribution in [3.63, 3.8) is 0 Å². The van der Waals surface area contributed by atoms with Crippen LogP contribution in [0.3, 0.4) is 0 Å². The van der Waals surface area contributed by atoms with E-state index in [-0.39, 0.29) is 6.04 Å². The maximum absolute atomic E-state index is 10.4. The minimum Gasteiger partial charge on any atom is -0.480 e. The second-order valence-corrected chi connectivity index (χ2v) is 2.95. The maximum atomic E-state index is 10.4. The van der Waals surface area contributed by atoms with Crippen molar-refractivity contribution in [3.05, 3.63) is 0 Å². The smallest absolute Gasteiger partial charge is 0.320 e. The SMILES string of the molecule is CCCC(CC(N)C(=O)O)NC. The van der Waals surface area contributed by atoms with Crippen LogP contribution in [0, 0.1) is 0 Å². The molecule has 0 radical (unpaired) electrons. The van der Waals surface area contributed by atoms with Gasteiger partial charge in [0, 0.05) is 6.04 Å². The summed E-state index contributed by atoms with van der Waals surface area (Å²) in [5.41, 5.74) is 5.38. The maximum Gasteiger partial charge on any atom is 0.320 e. The molecule has 2 unspecified atom stereocenters. The second kappa shape index (κ2) is 5.97. The Kier molecular flexibility index (Phi) is 5.66. The number of nitrogens with one attached hydrogen (secondary N) is 1. The molecule has 0 aromatic rings. The first-order valence-electron chi connectivity index (χ1n) is 4.27. The molecule has 0 saturated carbocycles. The first-order chi connectivity index (χ1) is 5.61. The molecule has 0 aliphatic heterocycles. The predicted molar refractivity (Wildman–Crippen MR) is 48.0 cm³/mol. The number of rotatable bonds is 6. The van der Waals surface area contributed by atoms with Crippen molar-refractivity contribution in [1.82, 2.24) is 5.32 Å². The van der Waals surface area contributed by atoms with Crippen LogP contribution in [0.2, 0.25) is 0 Å². The molecule has 0 rings (SSSR count). The highest BCUT2D eigenvalue weighted by Gasteiger charge is 2.16. The van der Waals surface area contributed by atoms with Gasteiger partial charge in [-0.2, -0.15) is 0 Å². The number of carboxylic acids is 1. The average Bonchev–Trinajstić information content (AvgIpc) is 2.03. The fraction of sp³-hybridized carbons (Fsp3) is 0.875. The van der Waals surface area contributed by atoms with Crippen LogP contribution < -0.4 is 11.1 Å². The van der Waals surface area contributed by atoms with E-state index in [9.17, 15) is 4.79 Å². The molecule has 0 aromatic heterocycles. The standard InChI is InChI=1S/C8H18N2O2/c1-3-4-6(10-2)5-7(9)8(11)12/h6-7,10H,3-5,9H2,1-2H3,(H,11,12). The molecule has 2 atom stereocenters. The van der Waals surface area contributed by atoms with Crippen LogP contribution in [-0.2, 0) is 4.79 Å². The van der Waals surface area contributed by atoms with Crippen molar-refractivity contribution in [2.24, 2.45) is 5.73 Å². The van der Waals surface area contributed by atoms with E-state index >= 15 is 0 Å². The molecule has 0 aliphatic rings. The lowest BCUT2D eigenvalue weighted by Crippen LogP contribution is -2.38. The number of carboxylic acid groups (broad SMARTS) is 1. The van der Waals surface area contributed by atoms with Gasteiger partial charge in [-0.05, 0) is 19.9 Å². The first-order valence-corrected chi connectivity index (χ1v) is 4.27. The molecule has 0 aliphatic carbocycles. The molecule has 0 saturated heterocycles. The topological polar surface area (TPSA) is 75.4 Å². The van der Waals surface area contributed by atoms with Crippen LogP contribution in [0.4, 0.5) is 0 Å². The number of carbonyl (C=O) groups is 1. The summed E-state index contributed by atoms with van der Waals surface area (Å²) in [7, 11) is 1.83. The van der Waals surface area contributed by atoms with Gasteiger partial charge in [-0.15, -0.1) is 0 Å². The molecule has 0 fully saturated rings. The van der Waals surface area contributed by atoms with E-state index in [0.717, 1.165) is 12.8 Å². The van der Waals surface area contributed by atoms with Crippen molar-refractivity contribution in [2.75, 3.05) is 7.05 Å². The van der Waals surface area contributed by atoms with Crippen molar-refractivity contribution in [1.29, 1.82) is 0 Å². The quantitative estimate of drug-likeness (QED) is 0.537. The van der Waals surface area contributed by atoms with Crippen LogP contribution in [-0.4, -0.2) is 30.2 Å². The highest BCUT2D eigenvalue weighted by molar-refractivity contribution is 5.73. The predicted octanol–water partition coefficient (Wildman–Crippen LogP) is 0.177. The molecular formula is C8H18N2O2. The lowest BCUT2D eigenvalue weighted by Gasteiger charge is -2.17. The zero-order valence-electron chi connectivity index (χ0n) is 7.71. The Morgan fingerprint density at radius 2 is 2.25 bits per heavy atom. The van der Waals surface area contributed by atoms with E-state index in [1.165, 1.54) is 0 Å². The number of aliphatic carboxylic acids is 1. The van der Waals surface area contributed by atoms with Gasteiger partial charge < -0.3 is 16.2 Å². The zero-order valence-corrected chi connectivity index (χ0v) is 7.71.